The molecule has 0 aromatic heterocycles. The Bertz CT molecular complexity index is 484. The molecule has 1 N–H and O–H groups in total. The second-order valence-electron chi connectivity index (χ2n) is 4.87. The third-order valence-electron chi connectivity index (χ3n) is 3.73. The molecule has 2 aliphatic heterocycles. The molecule has 1 atom stereocenters. The van der Waals surface area contributed by atoms with Crippen molar-refractivity contribution in [3.05, 3.63) is 16.1 Å². The third-order valence-corrected chi connectivity index (χ3v) is 4.45. The highest BCUT2D eigenvalue weighted by Crippen LogP contribution is 2.50. The Balaban J connectivity index is 2.16. The van der Waals surface area contributed by atoms with Crippen molar-refractivity contribution in [3.8, 4) is 17.2 Å². The van der Waals surface area contributed by atoms with Crippen LogP contribution in [-0.2, 0) is 5.54 Å². The fourth-order valence-electron chi connectivity index (χ4n) is 2.72. The smallest absolute Gasteiger partial charge is 0.231 e. The summed E-state index contributed by atoms with van der Waals surface area (Å²) < 4.78 is 17.3. The maximum Gasteiger partial charge on any atom is 0.231 e. The molecule has 18 heavy (non-hydrogen) atoms. The summed E-state index contributed by atoms with van der Waals surface area (Å²) in [5.41, 5.74) is 1.06. The first-order chi connectivity index (χ1) is 8.65. The number of hydrogen-bond acceptors (Lipinski definition) is 4. The number of benzene rings is 1. The molecule has 1 saturated heterocycles. The minimum atomic E-state index is -0.0607. The average molecular weight is 314 g/mol. The van der Waals surface area contributed by atoms with Gasteiger partial charge in [-0.2, -0.15) is 0 Å². The van der Waals surface area contributed by atoms with Crippen molar-refractivity contribution >= 4 is 15.9 Å². The van der Waals surface area contributed by atoms with E-state index in [1.54, 1.807) is 7.11 Å². The van der Waals surface area contributed by atoms with Crippen molar-refractivity contribution in [3.63, 3.8) is 0 Å². The molecule has 4 nitrogen and oxygen atoms in total. The van der Waals surface area contributed by atoms with Crippen LogP contribution >= 0.6 is 15.9 Å². The molecule has 1 fully saturated rings. The Morgan fingerprint density at radius 3 is 2.94 bits per heavy atom. The molecule has 5 heteroatoms. The normalized spacial score (nSPS) is 25.5. The van der Waals surface area contributed by atoms with E-state index in [9.17, 15) is 0 Å². The number of rotatable bonds is 2. The van der Waals surface area contributed by atoms with Crippen molar-refractivity contribution in [2.45, 2.75) is 25.3 Å². The summed E-state index contributed by atoms with van der Waals surface area (Å²) >= 11 is 3.56. The van der Waals surface area contributed by atoms with E-state index in [-0.39, 0.29) is 12.3 Å². The van der Waals surface area contributed by atoms with Gasteiger partial charge in [0.25, 0.3) is 0 Å². The Kier molecular flexibility index (Phi) is 2.90. The average Bonchev–Trinajstić information content (AvgIpc) is 2.98. The predicted octanol–water partition coefficient (Wildman–Crippen LogP) is 2.79. The topological polar surface area (TPSA) is 39.7 Å². The van der Waals surface area contributed by atoms with Crippen LogP contribution in [0.2, 0.25) is 0 Å². The molecule has 0 aliphatic carbocycles. The van der Waals surface area contributed by atoms with Gasteiger partial charge in [-0.3, -0.25) is 0 Å². The maximum absolute atomic E-state index is 5.56. The van der Waals surface area contributed by atoms with Gasteiger partial charge < -0.3 is 19.5 Å². The SMILES string of the molecule is COc1c(C2(C)CCCN2)cc2c(c1Br)OCO2. The maximum atomic E-state index is 5.56. The second kappa shape index (κ2) is 4.31. The van der Waals surface area contributed by atoms with Crippen molar-refractivity contribution in [1.29, 1.82) is 0 Å². The fourth-order valence-corrected chi connectivity index (χ4v) is 3.40. The highest BCUT2D eigenvalue weighted by molar-refractivity contribution is 9.10. The zero-order valence-electron chi connectivity index (χ0n) is 10.5. The molecule has 0 saturated carbocycles. The van der Waals surface area contributed by atoms with Gasteiger partial charge in [-0.25, -0.2) is 0 Å². The summed E-state index contributed by atoms with van der Waals surface area (Å²) in [6.45, 7) is 3.50. The van der Waals surface area contributed by atoms with Crippen molar-refractivity contribution in [1.82, 2.24) is 5.32 Å². The fraction of sp³-hybridized carbons (Fsp3) is 0.538. The van der Waals surface area contributed by atoms with E-state index in [0.29, 0.717) is 0 Å². The number of ether oxygens (including phenoxy) is 3. The lowest BCUT2D eigenvalue weighted by Gasteiger charge is -2.27. The Morgan fingerprint density at radius 2 is 2.28 bits per heavy atom. The minimum Gasteiger partial charge on any atom is -0.495 e. The molecule has 0 radical (unpaired) electrons. The van der Waals surface area contributed by atoms with Gasteiger partial charge in [-0.1, -0.05) is 0 Å². The highest BCUT2D eigenvalue weighted by Gasteiger charge is 2.36. The Labute approximate surface area is 115 Å². The van der Waals surface area contributed by atoms with Crippen LogP contribution in [0.15, 0.2) is 10.5 Å². The molecular formula is C13H16BrNO3. The molecule has 3 rings (SSSR count). The van der Waals surface area contributed by atoms with E-state index in [1.807, 2.05) is 6.07 Å². The summed E-state index contributed by atoms with van der Waals surface area (Å²) in [6, 6.07) is 2.03. The Hall–Kier alpha value is -0.940. The van der Waals surface area contributed by atoms with E-state index in [0.717, 1.165) is 40.3 Å². The van der Waals surface area contributed by atoms with Gasteiger partial charge in [0.05, 0.1) is 7.11 Å². The van der Waals surface area contributed by atoms with Gasteiger partial charge >= 0.3 is 0 Å². The van der Waals surface area contributed by atoms with Gasteiger partial charge in [-0.15, -0.1) is 0 Å². The number of halogens is 1. The quantitative estimate of drug-likeness (QED) is 0.911. The van der Waals surface area contributed by atoms with Crippen LogP contribution in [0.1, 0.15) is 25.3 Å². The molecule has 0 bridgehead atoms. The van der Waals surface area contributed by atoms with Gasteiger partial charge in [0, 0.05) is 11.1 Å². The zero-order valence-corrected chi connectivity index (χ0v) is 12.1. The van der Waals surface area contributed by atoms with E-state index in [1.165, 1.54) is 6.42 Å². The number of hydrogen-bond donors (Lipinski definition) is 1. The lowest BCUT2D eigenvalue weighted by molar-refractivity contribution is 0.173. The summed E-state index contributed by atoms with van der Waals surface area (Å²) in [7, 11) is 1.68. The molecule has 1 aromatic carbocycles. The van der Waals surface area contributed by atoms with Crippen molar-refractivity contribution in [2.75, 3.05) is 20.4 Å². The molecule has 2 aliphatic rings. The molecule has 98 valence electrons. The largest absolute Gasteiger partial charge is 0.495 e. The second-order valence-corrected chi connectivity index (χ2v) is 5.66. The van der Waals surface area contributed by atoms with E-state index < -0.39 is 0 Å². The molecule has 0 spiro atoms. The van der Waals surface area contributed by atoms with E-state index >= 15 is 0 Å². The predicted molar refractivity (Wildman–Crippen MR) is 71.4 cm³/mol. The van der Waals surface area contributed by atoms with Gasteiger partial charge in [0.1, 0.15) is 10.2 Å². The van der Waals surface area contributed by atoms with Crippen LogP contribution in [0.3, 0.4) is 0 Å². The van der Waals surface area contributed by atoms with Crippen LogP contribution in [0.5, 0.6) is 17.2 Å². The summed E-state index contributed by atoms with van der Waals surface area (Å²) in [5, 5.41) is 3.55. The summed E-state index contributed by atoms with van der Waals surface area (Å²) in [6.07, 6.45) is 2.27. The van der Waals surface area contributed by atoms with E-state index in [4.69, 9.17) is 14.2 Å². The number of nitrogens with one attached hydrogen (secondary N) is 1. The lowest BCUT2D eigenvalue weighted by Crippen LogP contribution is -2.33. The molecule has 1 unspecified atom stereocenters. The van der Waals surface area contributed by atoms with E-state index in [2.05, 4.69) is 28.2 Å². The van der Waals surface area contributed by atoms with Crippen LogP contribution in [0.25, 0.3) is 0 Å². The third kappa shape index (κ3) is 1.68. The lowest BCUT2D eigenvalue weighted by atomic mass is 9.89. The van der Waals surface area contributed by atoms with Gasteiger partial charge in [0.15, 0.2) is 11.5 Å². The monoisotopic (exact) mass is 313 g/mol. The van der Waals surface area contributed by atoms with Crippen molar-refractivity contribution in [2.24, 2.45) is 0 Å². The minimum absolute atomic E-state index is 0.0607. The van der Waals surface area contributed by atoms with Gasteiger partial charge in [-0.05, 0) is 48.3 Å². The number of methoxy groups -OCH3 is 1. The Morgan fingerprint density at radius 1 is 1.44 bits per heavy atom. The molecule has 0 amide bonds. The molecule has 2 heterocycles. The van der Waals surface area contributed by atoms with Gasteiger partial charge in [0.2, 0.25) is 6.79 Å². The zero-order chi connectivity index (χ0) is 12.8. The highest BCUT2D eigenvalue weighted by atomic mass is 79.9. The van der Waals surface area contributed by atoms with Crippen LogP contribution in [0, 0.1) is 0 Å². The standard InChI is InChI=1S/C13H16BrNO3/c1-13(4-3-5-15-13)8-6-9-12(18-7-17-9)10(14)11(8)16-2/h6,15H,3-5,7H2,1-2H3. The van der Waals surface area contributed by atoms with Crippen molar-refractivity contribution < 1.29 is 14.2 Å². The summed E-state index contributed by atoms with van der Waals surface area (Å²) in [5.74, 6) is 2.35. The first-order valence-electron chi connectivity index (χ1n) is 6.07. The van der Waals surface area contributed by atoms with Crippen LogP contribution < -0.4 is 19.5 Å². The molecular weight excluding hydrogens is 298 g/mol. The first-order valence-corrected chi connectivity index (χ1v) is 6.86. The first kappa shape index (κ1) is 12.1. The number of fused-ring (bicyclic) bond motifs is 1. The summed E-state index contributed by atoms with van der Waals surface area (Å²) in [4.78, 5) is 0. The molecule has 1 aromatic rings. The van der Waals surface area contributed by atoms with Crippen LogP contribution in [-0.4, -0.2) is 20.4 Å². The van der Waals surface area contributed by atoms with Crippen LogP contribution in [0.4, 0.5) is 0 Å².